The molecule has 1 aromatic carbocycles. The highest BCUT2D eigenvalue weighted by molar-refractivity contribution is 7.59. The first-order chi connectivity index (χ1) is 5.95. The zero-order valence-corrected chi connectivity index (χ0v) is 8.26. The summed E-state index contributed by atoms with van der Waals surface area (Å²) in [6.45, 7) is 4.09. The van der Waals surface area contributed by atoms with Crippen LogP contribution in [0.3, 0.4) is 0 Å². The van der Waals surface area contributed by atoms with E-state index in [4.69, 9.17) is 18.4 Å². The SMILES string of the molecule is Cc1cccc(N)c1C.O=S(=O)=O. The van der Waals surface area contributed by atoms with Crippen molar-refractivity contribution in [1.29, 1.82) is 0 Å². The second kappa shape index (κ2) is 5.31. The second-order valence-electron chi connectivity index (χ2n) is 2.49. The van der Waals surface area contributed by atoms with Crippen molar-refractivity contribution in [2.45, 2.75) is 13.8 Å². The maximum Gasteiger partial charge on any atom is 0.425 e. The third-order valence-corrected chi connectivity index (χ3v) is 1.65. The molecule has 0 saturated heterocycles. The first-order valence-electron chi connectivity index (χ1n) is 3.53. The smallest absolute Gasteiger partial charge is 0.399 e. The van der Waals surface area contributed by atoms with Crippen LogP contribution in [0.15, 0.2) is 18.2 Å². The van der Waals surface area contributed by atoms with Gasteiger partial charge in [0.2, 0.25) is 0 Å². The van der Waals surface area contributed by atoms with Crippen LogP contribution in [0.2, 0.25) is 0 Å². The van der Waals surface area contributed by atoms with E-state index in [9.17, 15) is 0 Å². The number of nitrogen functional groups attached to an aromatic ring is 1. The van der Waals surface area contributed by atoms with E-state index in [2.05, 4.69) is 13.0 Å². The van der Waals surface area contributed by atoms with Crippen molar-refractivity contribution < 1.29 is 12.6 Å². The molecule has 0 amide bonds. The molecule has 13 heavy (non-hydrogen) atoms. The van der Waals surface area contributed by atoms with Gasteiger partial charge in [-0.15, -0.1) is 12.6 Å². The van der Waals surface area contributed by atoms with Crippen LogP contribution in [0.4, 0.5) is 5.69 Å². The van der Waals surface area contributed by atoms with Gasteiger partial charge in [0, 0.05) is 5.69 Å². The molecule has 0 saturated carbocycles. The number of hydrogen-bond donors (Lipinski definition) is 1. The molecule has 1 aromatic rings. The van der Waals surface area contributed by atoms with Crippen molar-refractivity contribution in [1.82, 2.24) is 0 Å². The number of benzene rings is 1. The van der Waals surface area contributed by atoms with Crippen LogP contribution >= 0.6 is 0 Å². The average Bonchev–Trinajstić information content (AvgIpc) is 1.99. The highest BCUT2D eigenvalue weighted by Crippen LogP contribution is 2.13. The third kappa shape index (κ3) is 4.97. The number of anilines is 1. The standard InChI is InChI=1S/C8H11N.O3S/c1-6-4-3-5-8(9)7(6)2;1-4(2)3/h3-5H,9H2,1-2H3;. The van der Waals surface area contributed by atoms with Gasteiger partial charge in [-0.05, 0) is 31.0 Å². The minimum absolute atomic E-state index is 0.884. The Kier molecular flexibility index (Phi) is 4.76. The minimum atomic E-state index is -3.11. The minimum Gasteiger partial charge on any atom is -0.399 e. The molecule has 0 unspecified atom stereocenters. The Hall–Kier alpha value is -1.36. The summed E-state index contributed by atoms with van der Waals surface area (Å²) in [5.74, 6) is 0. The van der Waals surface area contributed by atoms with Crippen LogP contribution in [-0.2, 0) is 10.6 Å². The fourth-order valence-electron chi connectivity index (χ4n) is 0.774. The average molecular weight is 201 g/mol. The Bertz CT molecular complexity index is 356. The molecule has 4 nitrogen and oxygen atoms in total. The van der Waals surface area contributed by atoms with E-state index in [1.807, 2.05) is 19.1 Å². The lowest BCUT2D eigenvalue weighted by atomic mass is 10.1. The highest BCUT2D eigenvalue weighted by atomic mass is 32.2. The predicted molar refractivity (Wildman–Crippen MR) is 50.0 cm³/mol. The molecule has 2 N–H and O–H groups in total. The van der Waals surface area contributed by atoms with Crippen molar-refractivity contribution in [2.75, 3.05) is 5.73 Å². The molecular weight excluding hydrogens is 190 g/mol. The van der Waals surface area contributed by atoms with E-state index in [1.54, 1.807) is 0 Å². The van der Waals surface area contributed by atoms with Crippen LogP contribution in [0, 0.1) is 13.8 Å². The van der Waals surface area contributed by atoms with E-state index in [-0.39, 0.29) is 0 Å². The molecule has 0 aliphatic heterocycles. The summed E-state index contributed by atoms with van der Waals surface area (Å²) in [6.07, 6.45) is 0. The molecule has 0 aliphatic rings. The van der Waals surface area contributed by atoms with E-state index < -0.39 is 10.6 Å². The van der Waals surface area contributed by atoms with E-state index >= 15 is 0 Å². The lowest BCUT2D eigenvalue weighted by Gasteiger charge is -2.00. The largest absolute Gasteiger partial charge is 0.425 e. The number of nitrogens with two attached hydrogens (primary N) is 1. The van der Waals surface area contributed by atoms with E-state index in [0.717, 1.165) is 5.69 Å². The maximum absolute atomic E-state index is 8.44. The van der Waals surface area contributed by atoms with Gasteiger partial charge < -0.3 is 5.73 Å². The quantitative estimate of drug-likeness (QED) is 0.632. The van der Waals surface area contributed by atoms with Crippen molar-refractivity contribution >= 4 is 16.3 Å². The van der Waals surface area contributed by atoms with Gasteiger partial charge in [-0.1, -0.05) is 12.1 Å². The van der Waals surface area contributed by atoms with Crippen molar-refractivity contribution in [3.63, 3.8) is 0 Å². The molecule has 5 heteroatoms. The molecule has 0 bridgehead atoms. The first-order valence-corrected chi connectivity index (χ1v) is 4.53. The van der Waals surface area contributed by atoms with Crippen LogP contribution < -0.4 is 5.73 Å². The van der Waals surface area contributed by atoms with E-state index in [0.29, 0.717) is 0 Å². The Balaban J connectivity index is 0.000000310. The van der Waals surface area contributed by atoms with Gasteiger partial charge in [-0.25, -0.2) is 0 Å². The molecule has 0 spiro atoms. The molecule has 0 heterocycles. The van der Waals surface area contributed by atoms with Gasteiger partial charge in [0.1, 0.15) is 0 Å². The van der Waals surface area contributed by atoms with Crippen LogP contribution in [0.1, 0.15) is 11.1 Å². The Labute approximate surface area is 78.4 Å². The molecular formula is C8H11NO3S. The third-order valence-electron chi connectivity index (χ3n) is 1.65. The van der Waals surface area contributed by atoms with Crippen molar-refractivity contribution in [3.8, 4) is 0 Å². The highest BCUT2D eigenvalue weighted by Gasteiger charge is 1.92. The van der Waals surface area contributed by atoms with Crippen LogP contribution in [-0.4, -0.2) is 12.6 Å². The summed E-state index contributed by atoms with van der Waals surface area (Å²) in [5.41, 5.74) is 8.96. The summed E-state index contributed by atoms with van der Waals surface area (Å²) in [6, 6.07) is 5.95. The number of rotatable bonds is 0. The van der Waals surface area contributed by atoms with Gasteiger partial charge in [-0.2, -0.15) is 0 Å². The van der Waals surface area contributed by atoms with Gasteiger partial charge >= 0.3 is 10.6 Å². The summed E-state index contributed by atoms with van der Waals surface area (Å²) in [7, 11) is -3.11. The van der Waals surface area contributed by atoms with Crippen LogP contribution in [0.25, 0.3) is 0 Å². The number of aryl methyl sites for hydroxylation is 1. The predicted octanol–water partition coefficient (Wildman–Crippen LogP) is 0.882. The normalized spacial score (nSPS) is 8.46. The Morgan fingerprint density at radius 3 is 1.92 bits per heavy atom. The Morgan fingerprint density at radius 1 is 1.15 bits per heavy atom. The lowest BCUT2D eigenvalue weighted by Crippen LogP contribution is -1.90. The van der Waals surface area contributed by atoms with Gasteiger partial charge in [0.05, 0.1) is 0 Å². The zero-order valence-electron chi connectivity index (χ0n) is 7.44. The monoisotopic (exact) mass is 201 g/mol. The summed E-state index contributed by atoms with van der Waals surface area (Å²) in [4.78, 5) is 0. The zero-order chi connectivity index (χ0) is 10.4. The van der Waals surface area contributed by atoms with Crippen molar-refractivity contribution in [2.24, 2.45) is 0 Å². The molecule has 0 atom stereocenters. The summed E-state index contributed by atoms with van der Waals surface area (Å²) in [5, 5.41) is 0. The van der Waals surface area contributed by atoms with E-state index in [1.165, 1.54) is 11.1 Å². The molecule has 72 valence electrons. The molecule has 0 radical (unpaired) electrons. The fraction of sp³-hybridized carbons (Fsp3) is 0.250. The maximum atomic E-state index is 8.44. The molecule has 0 aromatic heterocycles. The Morgan fingerprint density at radius 2 is 1.62 bits per heavy atom. The van der Waals surface area contributed by atoms with Gasteiger partial charge in [0.15, 0.2) is 0 Å². The summed E-state index contributed by atoms with van der Waals surface area (Å²) >= 11 is 0. The topological polar surface area (TPSA) is 77.2 Å². The molecule has 1 rings (SSSR count). The van der Waals surface area contributed by atoms with Crippen LogP contribution in [0.5, 0.6) is 0 Å². The lowest BCUT2D eigenvalue weighted by molar-refractivity contribution is 0.559. The first kappa shape index (κ1) is 11.6. The summed E-state index contributed by atoms with van der Waals surface area (Å²) < 4.78 is 25.3. The molecule has 0 aliphatic carbocycles. The van der Waals surface area contributed by atoms with Crippen molar-refractivity contribution in [3.05, 3.63) is 29.3 Å². The second-order valence-corrected chi connectivity index (χ2v) is 2.90. The number of hydrogen-bond acceptors (Lipinski definition) is 4. The molecule has 0 fully saturated rings. The van der Waals surface area contributed by atoms with Gasteiger partial charge in [0.25, 0.3) is 0 Å². The fourth-order valence-corrected chi connectivity index (χ4v) is 0.774. The van der Waals surface area contributed by atoms with Gasteiger partial charge in [-0.3, -0.25) is 0 Å².